The van der Waals surface area contributed by atoms with Gasteiger partial charge in [0.1, 0.15) is 11.2 Å². The van der Waals surface area contributed by atoms with Gasteiger partial charge in [0, 0.05) is 65.0 Å². The van der Waals surface area contributed by atoms with Gasteiger partial charge in [-0.3, -0.25) is 0 Å². The summed E-state index contributed by atoms with van der Waals surface area (Å²) in [4.78, 5) is 29.9. The van der Waals surface area contributed by atoms with Crippen molar-refractivity contribution in [2.45, 2.75) is 50.7 Å². The van der Waals surface area contributed by atoms with Gasteiger partial charge in [-0.25, -0.2) is 9.59 Å². The molecular weight excluding hydrogens is 360 g/mol. The molecule has 0 unspecified atom stereocenters. The summed E-state index contributed by atoms with van der Waals surface area (Å²) in [7, 11) is 3.67. The topological polar surface area (TPSA) is 83.1 Å². The van der Waals surface area contributed by atoms with Crippen molar-refractivity contribution >= 4 is 11.9 Å². The number of nitrogens with one attached hydrogen (secondary N) is 2. The molecule has 2 fully saturated rings. The lowest BCUT2D eigenvalue weighted by Crippen LogP contribution is -2.55. The number of hydrogen-bond acceptors (Lipinski definition) is 8. The number of nitrogens with zero attached hydrogens (tertiary/aromatic N) is 2. The van der Waals surface area contributed by atoms with E-state index >= 15 is 0 Å². The van der Waals surface area contributed by atoms with E-state index in [-0.39, 0.29) is 0 Å². The first-order valence-corrected chi connectivity index (χ1v) is 10.6. The largest absolute Gasteiger partial charge is 0.449 e. The minimum atomic E-state index is -0.867. The van der Waals surface area contributed by atoms with Crippen LogP contribution in [-0.2, 0) is 19.1 Å². The minimum Gasteiger partial charge on any atom is -0.449 e. The first-order valence-electron chi connectivity index (χ1n) is 10.6. The summed E-state index contributed by atoms with van der Waals surface area (Å²) in [5.74, 6) is -1.73. The third-order valence-electron chi connectivity index (χ3n) is 6.21. The number of esters is 2. The molecule has 8 nitrogen and oxygen atoms in total. The number of ether oxygens (including phenoxy) is 2. The summed E-state index contributed by atoms with van der Waals surface area (Å²) in [6, 6.07) is 0. The third kappa shape index (κ3) is 5.89. The Labute approximate surface area is 169 Å². The zero-order chi connectivity index (χ0) is 20.6. The van der Waals surface area contributed by atoms with Crippen LogP contribution in [0, 0.1) is 0 Å². The minimum absolute atomic E-state index is 0.538. The molecule has 0 aliphatic carbocycles. The molecule has 2 aliphatic heterocycles. The second-order valence-electron chi connectivity index (χ2n) is 8.07. The average molecular weight is 399 g/mol. The maximum atomic E-state index is 12.6. The van der Waals surface area contributed by atoms with Crippen LogP contribution in [-0.4, -0.2) is 99.4 Å². The van der Waals surface area contributed by atoms with Gasteiger partial charge in [-0.1, -0.05) is 13.8 Å². The van der Waals surface area contributed by atoms with Crippen LogP contribution in [0.15, 0.2) is 0 Å². The molecule has 162 valence electrons. The third-order valence-corrected chi connectivity index (χ3v) is 6.21. The molecule has 28 heavy (non-hydrogen) atoms. The van der Waals surface area contributed by atoms with E-state index in [0.717, 1.165) is 39.3 Å². The predicted molar refractivity (Wildman–Crippen MR) is 108 cm³/mol. The van der Waals surface area contributed by atoms with Gasteiger partial charge in [-0.05, 0) is 27.2 Å². The molecule has 2 heterocycles. The van der Waals surface area contributed by atoms with Crippen LogP contribution < -0.4 is 10.6 Å². The Morgan fingerprint density at radius 1 is 0.750 bits per heavy atom. The number of likely N-dealkylation sites (N-methyl/N-ethyl adjacent to an activating group) is 2. The lowest BCUT2D eigenvalue weighted by atomic mass is 9.90. The van der Waals surface area contributed by atoms with Crippen molar-refractivity contribution < 1.29 is 19.1 Å². The van der Waals surface area contributed by atoms with Crippen molar-refractivity contribution in [3.63, 3.8) is 0 Å². The van der Waals surface area contributed by atoms with Crippen molar-refractivity contribution in [2.75, 3.05) is 66.5 Å². The van der Waals surface area contributed by atoms with Gasteiger partial charge in [0.05, 0.1) is 0 Å². The van der Waals surface area contributed by atoms with Gasteiger partial charge < -0.3 is 29.9 Å². The lowest BCUT2D eigenvalue weighted by molar-refractivity contribution is -0.190. The van der Waals surface area contributed by atoms with E-state index < -0.39 is 23.1 Å². The number of rotatable bonds is 8. The van der Waals surface area contributed by atoms with Crippen LogP contribution in [0.3, 0.4) is 0 Å². The highest BCUT2D eigenvalue weighted by Crippen LogP contribution is 2.29. The second-order valence-corrected chi connectivity index (χ2v) is 8.07. The molecule has 0 aromatic heterocycles. The zero-order valence-electron chi connectivity index (χ0n) is 18.0. The molecule has 0 spiro atoms. The molecule has 0 bridgehead atoms. The molecule has 0 radical (unpaired) electrons. The maximum absolute atomic E-state index is 12.6. The Bertz CT molecular complexity index is 466. The molecule has 2 N–H and O–H groups in total. The van der Waals surface area contributed by atoms with Crippen molar-refractivity contribution in [1.82, 2.24) is 20.4 Å². The van der Waals surface area contributed by atoms with Crippen LogP contribution >= 0.6 is 0 Å². The van der Waals surface area contributed by atoms with Gasteiger partial charge in [0.25, 0.3) is 0 Å². The smallest absolute Gasteiger partial charge is 0.418 e. The molecule has 2 saturated heterocycles. The Hall–Kier alpha value is -1.22. The molecule has 0 atom stereocenters. The van der Waals surface area contributed by atoms with E-state index in [0.29, 0.717) is 38.8 Å². The van der Waals surface area contributed by atoms with Gasteiger partial charge >= 0.3 is 11.9 Å². The molecular formula is C20H38N4O4. The molecule has 0 aromatic rings. The van der Waals surface area contributed by atoms with Gasteiger partial charge in [-0.15, -0.1) is 0 Å². The van der Waals surface area contributed by atoms with Crippen LogP contribution in [0.2, 0.25) is 0 Å². The first kappa shape index (κ1) is 23.1. The second kappa shape index (κ2) is 10.5. The number of carbonyl (C=O) groups excluding carboxylic acids is 2. The zero-order valence-corrected chi connectivity index (χ0v) is 18.0. The van der Waals surface area contributed by atoms with Crippen LogP contribution in [0.25, 0.3) is 0 Å². The van der Waals surface area contributed by atoms with Gasteiger partial charge in [0.2, 0.25) is 0 Å². The number of carbonyl (C=O) groups is 2. The normalized spacial score (nSPS) is 22.6. The summed E-state index contributed by atoms with van der Waals surface area (Å²) >= 11 is 0. The van der Waals surface area contributed by atoms with Crippen LogP contribution in [0.1, 0.15) is 39.5 Å². The summed E-state index contributed by atoms with van der Waals surface area (Å²) in [6.45, 7) is 10.7. The number of likely N-dealkylation sites (tertiary alicyclic amines) is 2. The van der Waals surface area contributed by atoms with Gasteiger partial charge in [0.15, 0.2) is 0 Å². The van der Waals surface area contributed by atoms with Crippen molar-refractivity contribution in [1.29, 1.82) is 0 Å². The molecule has 2 aliphatic rings. The summed E-state index contributed by atoms with van der Waals surface area (Å²) < 4.78 is 11.5. The average Bonchev–Trinajstić information content (AvgIpc) is 2.69. The van der Waals surface area contributed by atoms with Gasteiger partial charge in [-0.2, -0.15) is 0 Å². The maximum Gasteiger partial charge on any atom is 0.418 e. The van der Waals surface area contributed by atoms with Crippen LogP contribution in [0.5, 0.6) is 0 Å². The summed E-state index contributed by atoms with van der Waals surface area (Å²) in [5, 5.41) is 6.22. The quantitative estimate of drug-likeness (QED) is 0.444. The monoisotopic (exact) mass is 398 g/mol. The fourth-order valence-electron chi connectivity index (χ4n) is 4.30. The predicted octanol–water partition coefficient (Wildman–Crippen LogP) is 0.221. The Kier molecular flexibility index (Phi) is 8.67. The fourth-order valence-corrected chi connectivity index (χ4v) is 4.30. The molecule has 0 saturated carbocycles. The van der Waals surface area contributed by atoms with Crippen LogP contribution in [0.4, 0.5) is 0 Å². The lowest BCUT2D eigenvalue weighted by Gasteiger charge is -2.42. The highest BCUT2D eigenvalue weighted by molar-refractivity contribution is 6.29. The standard InChI is InChI=1S/C20H38N4O4/c1-5-23-11-7-19(8-12-23,15-21-3)27-17(25)18(26)28-20(16-22-4)9-13-24(6-2)14-10-20/h21-22H,5-16H2,1-4H3. The van der Waals surface area contributed by atoms with E-state index in [1.165, 1.54) is 0 Å². The SMILES string of the molecule is CCN1CCC(CNC)(OC(=O)C(=O)OC2(CNC)CCN(CC)CC2)CC1. The Morgan fingerprint density at radius 2 is 1.07 bits per heavy atom. The van der Waals surface area contributed by atoms with Crippen molar-refractivity contribution in [2.24, 2.45) is 0 Å². The number of piperidine rings is 2. The summed E-state index contributed by atoms with van der Waals surface area (Å²) in [6.07, 6.45) is 2.86. The van der Waals surface area contributed by atoms with E-state index in [1.807, 2.05) is 14.1 Å². The molecule has 8 heteroatoms. The van der Waals surface area contributed by atoms with E-state index in [1.54, 1.807) is 0 Å². The van der Waals surface area contributed by atoms with E-state index in [9.17, 15) is 9.59 Å². The molecule has 2 rings (SSSR count). The molecule has 0 aromatic carbocycles. The fraction of sp³-hybridized carbons (Fsp3) is 0.900. The van der Waals surface area contributed by atoms with Crippen molar-refractivity contribution in [3.05, 3.63) is 0 Å². The highest BCUT2D eigenvalue weighted by atomic mass is 16.6. The summed E-state index contributed by atoms with van der Waals surface area (Å²) in [5.41, 5.74) is -1.28. The molecule has 0 amide bonds. The highest BCUT2D eigenvalue weighted by Gasteiger charge is 2.43. The van der Waals surface area contributed by atoms with E-state index in [2.05, 4.69) is 34.3 Å². The Balaban J connectivity index is 1.98. The van der Waals surface area contributed by atoms with E-state index in [4.69, 9.17) is 9.47 Å². The van der Waals surface area contributed by atoms with Crippen molar-refractivity contribution in [3.8, 4) is 0 Å². The first-order chi connectivity index (χ1) is 13.4. The Morgan fingerprint density at radius 3 is 1.32 bits per heavy atom. The number of hydrogen-bond donors (Lipinski definition) is 2.